The van der Waals surface area contributed by atoms with Crippen LogP contribution in [0.5, 0.6) is 0 Å². The zero-order valence-electron chi connectivity index (χ0n) is 34.1. The first kappa shape index (κ1) is 36.2. The molecule has 0 saturated heterocycles. The summed E-state index contributed by atoms with van der Waals surface area (Å²) in [6.45, 7) is 0. The van der Waals surface area contributed by atoms with Gasteiger partial charge in [0.1, 0.15) is 0 Å². The molecule has 12 rings (SSSR count). The predicted molar refractivity (Wildman–Crippen MR) is 257 cm³/mol. The summed E-state index contributed by atoms with van der Waals surface area (Å²) >= 11 is 0. The molecule has 0 bridgehead atoms. The first-order valence-corrected chi connectivity index (χ1v) is 21.2. The lowest BCUT2D eigenvalue weighted by Gasteiger charge is -2.33. The van der Waals surface area contributed by atoms with Crippen LogP contribution in [-0.2, 0) is 5.41 Å². The minimum absolute atomic E-state index is 0.607. The minimum atomic E-state index is -0.658. The van der Waals surface area contributed by atoms with Crippen LogP contribution in [0.15, 0.2) is 218 Å². The van der Waals surface area contributed by atoms with Gasteiger partial charge in [-0.1, -0.05) is 140 Å². The molecule has 0 fully saturated rings. The largest absolute Gasteiger partial charge is 0.310 e. The molecule has 63 heavy (non-hydrogen) atoms. The van der Waals surface area contributed by atoms with E-state index >= 15 is 0 Å². The van der Waals surface area contributed by atoms with Crippen molar-refractivity contribution in [2.24, 2.45) is 0 Å². The van der Waals surface area contributed by atoms with Gasteiger partial charge in [0.2, 0.25) is 0 Å². The van der Waals surface area contributed by atoms with E-state index in [2.05, 4.69) is 192 Å². The summed E-state index contributed by atoms with van der Waals surface area (Å²) < 4.78 is 0. The maximum Gasteiger partial charge on any atom is 0.0992 e. The molecule has 0 atom stereocenters. The van der Waals surface area contributed by atoms with E-state index < -0.39 is 5.41 Å². The molecule has 1 spiro atoms. The smallest absolute Gasteiger partial charge is 0.0992 e. The van der Waals surface area contributed by atoms with Crippen molar-refractivity contribution in [2.75, 3.05) is 9.80 Å². The molecular weight excluding hydrogens is 765 g/mol. The lowest BCUT2D eigenvalue weighted by Crippen LogP contribution is -2.26. The van der Waals surface area contributed by atoms with Gasteiger partial charge in [0, 0.05) is 33.8 Å². The van der Waals surface area contributed by atoms with Gasteiger partial charge in [-0.25, -0.2) is 0 Å². The van der Waals surface area contributed by atoms with E-state index in [0.717, 1.165) is 44.9 Å². The molecule has 292 valence electrons. The number of hydrogen-bond donors (Lipinski definition) is 0. The van der Waals surface area contributed by atoms with Crippen molar-refractivity contribution < 1.29 is 0 Å². The topological polar surface area (TPSA) is 54.1 Å². The summed E-state index contributed by atoms with van der Waals surface area (Å²) in [6.07, 6.45) is 0. The molecular formula is C59H36N4. The molecule has 10 aromatic carbocycles. The second-order valence-electron chi connectivity index (χ2n) is 16.3. The summed E-state index contributed by atoms with van der Waals surface area (Å²) in [5.41, 5.74) is 16.5. The van der Waals surface area contributed by atoms with Gasteiger partial charge in [0.05, 0.1) is 34.4 Å². The molecule has 0 aliphatic heterocycles. The highest BCUT2D eigenvalue weighted by atomic mass is 15.1. The molecule has 0 saturated carbocycles. The van der Waals surface area contributed by atoms with E-state index in [1.165, 1.54) is 55.3 Å². The third kappa shape index (κ3) is 5.33. The van der Waals surface area contributed by atoms with Gasteiger partial charge in [-0.2, -0.15) is 10.5 Å². The van der Waals surface area contributed by atoms with Crippen LogP contribution >= 0.6 is 0 Å². The van der Waals surface area contributed by atoms with Gasteiger partial charge in [-0.15, -0.1) is 0 Å². The van der Waals surface area contributed by atoms with E-state index in [1.807, 2.05) is 48.5 Å². The van der Waals surface area contributed by atoms with Crippen molar-refractivity contribution in [1.82, 2.24) is 0 Å². The van der Waals surface area contributed by atoms with Crippen LogP contribution in [0, 0.1) is 22.7 Å². The van der Waals surface area contributed by atoms with Crippen LogP contribution < -0.4 is 9.80 Å². The monoisotopic (exact) mass is 800 g/mol. The molecule has 0 radical (unpaired) electrons. The molecule has 2 aliphatic carbocycles. The number of rotatable bonds is 6. The Morgan fingerprint density at radius 1 is 0.349 bits per heavy atom. The van der Waals surface area contributed by atoms with Crippen molar-refractivity contribution >= 4 is 55.7 Å². The van der Waals surface area contributed by atoms with Crippen LogP contribution in [0.2, 0.25) is 0 Å². The van der Waals surface area contributed by atoms with Crippen LogP contribution in [0.25, 0.3) is 43.8 Å². The summed E-state index contributed by atoms with van der Waals surface area (Å²) in [4.78, 5) is 4.55. The molecule has 10 aromatic rings. The Bertz CT molecular complexity index is 3510. The second kappa shape index (κ2) is 14.2. The van der Waals surface area contributed by atoms with Crippen LogP contribution in [-0.4, -0.2) is 0 Å². The number of nitriles is 2. The third-order valence-corrected chi connectivity index (χ3v) is 13.0. The average Bonchev–Trinajstić information content (AvgIpc) is 3.82. The molecule has 0 aromatic heterocycles. The highest BCUT2D eigenvalue weighted by molar-refractivity contribution is 6.15. The van der Waals surface area contributed by atoms with Gasteiger partial charge in [0.15, 0.2) is 0 Å². The van der Waals surface area contributed by atoms with Crippen LogP contribution in [0.1, 0.15) is 33.4 Å². The minimum Gasteiger partial charge on any atom is -0.310 e. The van der Waals surface area contributed by atoms with Gasteiger partial charge < -0.3 is 9.80 Å². The summed E-state index contributed by atoms with van der Waals surface area (Å²) in [7, 11) is 0. The van der Waals surface area contributed by atoms with Gasteiger partial charge >= 0.3 is 0 Å². The van der Waals surface area contributed by atoms with E-state index in [9.17, 15) is 10.5 Å². The molecule has 0 unspecified atom stereocenters. The predicted octanol–water partition coefficient (Wildman–Crippen LogP) is 15.0. The maximum atomic E-state index is 10.1. The van der Waals surface area contributed by atoms with Crippen LogP contribution in [0.3, 0.4) is 0 Å². The van der Waals surface area contributed by atoms with Gasteiger partial charge in [-0.05, 0) is 140 Å². The van der Waals surface area contributed by atoms with Gasteiger partial charge in [-0.3, -0.25) is 0 Å². The normalized spacial score (nSPS) is 12.5. The summed E-state index contributed by atoms with van der Waals surface area (Å²) in [6, 6.07) is 82.0. The van der Waals surface area contributed by atoms with E-state index in [4.69, 9.17) is 0 Å². The Kier molecular flexibility index (Phi) is 8.16. The standard InChI is InChI=1S/C59H36N4/c60-37-39-15-13-21-44(33-39)62(42-17-3-1-4-18-42)46-30-32-47-41(35-46)29-31-52-57-51-26-8-7-25-50(51)56(63(43-19-5-2-6-20-43)45-22-14-16-40(34-45)38-61)36-55(57)59(58(47)52)53-27-11-9-23-48(53)49-24-10-12-28-54(49)59/h1-36H. The van der Waals surface area contributed by atoms with Crippen molar-refractivity contribution in [2.45, 2.75) is 5.41 Å². The fourth-order valence-electron chi connectivity index (χ4n) is 10.6. The molecule has 0 heterocycles. The Morgan fingerprint density at radius 3 is 1.51 bits per heavy atom. The molecule has 0 N–H and O–H groups in total. The Labute approximate surface area is 366 Å². The first-order valence-electron chi connectivity index (χ1n) is 21.2. The zero-order valence-corrected chi connectivity index (χ0v) is 34.1. The first-order chi connectivity index (χ1) is 31.2. The SMILES string of the molecule is N#Cc1cccc(N(c2ccccc2)c2ccc3c4c(ccc3c2)-c2c(cc(N(c3ccccc3)c3cccc(C#N)c3)c3ccccc23)C42c3ccccc3-c3ccccc32)c1. The fraction of sp³-hybridized carbons (Fsp3) is 0.0169. The zero-order chi connectivity index (χ0) is 42.1. The number of hydrogen-bond acceptors (Lipinski definition) is 4. The number of nitrogens with zero attached hydrogens (tertiary/aromatic N) is 4. The number of benzene rings is 10. The lowest BCUT2D eigenvalue weighted by atomic mass is 9.69. The molecule has 4 heteroatoms. The average molecular weight is 801 g/mol. The highest BCUT2D eigenvalue weighted by Crippen LogP contribution is 2.66. The van der Waals surface area contributed by atoms with Crippen molar-refractivity contribution in [3.8, 4) is 34.4 Å². The Hall–Kier alpha value is -8.70. The van der Waals surface area contributed by atoms with Crippen LogP contribution in [0.4, 0.5) is 34.1 Å². The number of anilines is 6. The highest BCUT2D eigenvalue weighted by Gasteiger charge is 2.53. The summed E-state index contributed by atoms with van der Waals surface area (Å²) in [5.74, 6) is 0. The van der Waals surface area contributed by atoms with E-state index in [-0.39, 0.29) is 0 Å². The second-order valence-corrected chi connectivity index (χ2v) is 16.3. The molecule has 2 aliphatic rings. The number of fused-ring (bicyclic) bond motifs is 14. The summed E-state index contributed by atoms with van der Waals surface area (Å²) in [5, 5.41) is 24.6. The lowest BCUT2D eigenvalue weighted by molar-refractivity contribution is 0.802. The van der Waals surface area contributed by atoms with Crippen molar-refractivity contribution in [3.63, 3.8) is 0 Å². The maximum absolute atomic E-state index is 10.1. The van der Waals surface area contributed by atoms with E-state index in [0.29, 0.717) is 11.1 Å². The molecule has 0 amide bonds. The quantitative estimate of drug-likeness (QED) is 0.168. The fourth-order valence-corrected chi connectivity index (χ4v) is 10.6. The van der Waals surface area contributed by atoms with Crippen molar-refractivity contribution in [3.05, 3.63) is 252 Å². The van der Waals surface area contributed by atoms with Crippen molar-refractivity contribution in [1.29, 1.82) is 10.5 Å². The molecule has 4 nitrogen and oxygen atoms in total. The van der Waals surface area contributed by atoms with E-state index in [1.54, 1.807) is 0 Å². The Morgan fingerprint density at radius 2 is 0.873 bits per heavy atom. The Balaban J connectivity index is 1.18. The third-order valence-electron chi connectivity index (χ3n) is 13.0. The number of para-hydroxylation sites is 2. The van der Waals surface area contributed by atoms with Gasteiger partial charge in [0.25, 0.3) is 0 Å².